The fraction of sp³-hybridized carbons (Fsp3) is 0. The maximum absolute atomic E-state index is 14.1. The molecule has 3 aromatic rings. The van der Waals surface area contributed by atoms with Crippen molar-refractivity contribution in [1.82, 2.24) is 14.8 Å². The third kappa shape index (κ3) is 3.69. The Morgan fingerprint density at radius 1 is 1.22 bits per heavy atom. The molecule has 5 nitrogen and oxygen atoms in total. The summed E-state index contributed by atoms with van der Waals surface area (Å²) in [4.78, 5) is 3.66. The van der Waals surface area contributed by atoms with Crippen LogP contribution in [-0.4, -0.2) is 14.8 Å². The molecule has 0 aliphatic rings. The van der Waals surface area contributed by atoms with Gasteiger partial charge in [-0.05, 0) is 18.2 Å². The quantitative estimate of drug-likeness (QED) is 0.774. The number of nitrogens with two attached hydrogens (primary N) is 1. The zero-order valence-electron chi connectivity index (χ0n) is 11.3. The van der Waals surface area contributed by atoms with Crippen LogP contribution in [0.5, 0.6) is 11.6 Å². The highest BCUT2D eigenvalue weighted by Gasteiger charge is 2.12. The largest absolute Gasteiger partial charge is 0.433 e. The second-order valence-corrected chi connectivity index (χ2v) is 4.70. The van der Waals surface area contributed by atoms with Gasteiger partial charge in [-0.25, -0.2) is 18.4 Å². The number of aromatic nitrogens is 3. The highest BCUT2D eigenvalue weighted by atomic mass is 35.5. The molecule has 0 bridgehead atoms. The van der Waals surface area contributed by atoms with E-state index in [4.69, 9.17) is 22.1 Å². The first-order valence-corrected chi connectivity index (χ1v) is 6.42. The molecule has 2 aromatic heterocycles. The second kappa shape index (κ2) is 6.80. The number of pyridine rings is 1. The number of hydrogen-bond acceptors (Lipinski definition) is 4. The van der Waals surface area contributed by atoms with Crippen LogP contribution in [0.3, 0.4) is 0 Å². The first-order valence-electron chi connectivity index (χ1n) is 6.04. The summed E-state index contributed by atoms with van der Waals surface area (Å²) in [5.41, 5.74) is 5.87. The van der Waals surface area contributed by atoms with Gasteiger partial charge in [0.15, 0.2) is 23.2 Å². The van der Waals surface area contributed by atoms with Crippen molar-refractivity contribution >= 4 is 29.8 Å². The molecule has 1 radical (unpaired) electrons. The van der Waals surface area contributed by atoms with Gasteiger partial charge in [-0.15, -0.1) is 12.4 Å². The van der Waals surface area contributed by atoms with E-state index in [2.05, 4.69) is 16.1 Å². The van der Waals surface area contributed by atoms with Gasteiger partial charge < -0.3 is 10.5 Å². The van der Waals surface area contributed by atoms with Crippen molar-refractivity contribution in [3.8, 4) is 17.3 Å². The molecule has 0 fully saturated rings. The number of hydrogen-bond donors (Lipinski definition) is 1. The van der Waals surface area contributed by atoms with Crippen LogP contribution in [0.2, 0.25) is 5.02 Å². The van der Waals surface area contributed by atoms with Crippen LogP contribution in [0.25, 0.3) is 5.69 Å². The molecular weight excluding hydrogens is 349 g/mol. The SMILES string of the molecule is Cl.Nc1[c]cn(-c2ccc(Oc3ncc(Cl)cc3F)c(F)c2)n1. The molecule has 2 N–H and O–H groups in total. The van der Waals surface area contributed by atoms with Crippen molar-refractivity contribution in [2.45, 2.75) is 0 Å². The monoisotopic (exact) mass is 357 g/mol. The fourth-order valence-electron chi connectivity index (χ4n) is 1.73. The van der Waals surface area contributed by atoms with Crippen LogP contribution < -0.4 is 10.5 Å². The number of benzene rings is 1. The smallest absolute Gasteiger partial charge is 0.256 e. The minimum atomic E-state index is -0.787. The van der Waals surface area contributed by atoms with Crippen molar-refractivity contribution in [1.29, 1.82) is 0 Å². The maximum Gasteiger partial charge on any atom is 0.256 e. The van der Waals surface area contributed by atoms with Crippen molar-refractivity contribution in [2.75, 3.05) is 5.73 Å². The van der Waals surface area contributed by atoms with E-state index in [0.29, 0.717) is 5.69 Å². The Kier molecular flexibility index (Phi) is 5.02. The maximum atomic E-state index is 14.1. The Morgan fingerprint density at radius 3 is 2.61 bits per heavy atom. The molecule has 0 aliphatic carbocycles. The van der Waals surface area contributed by atoms with Crippen LogP contribution in [-0.2, 0) is 0 Å². The number of nitrogen functional groups attached to an aromatic ring is 1. The summed E-state index contributed by atoms with van der Waals surface area (Å²) in [6, 6.07) is 7.72. The average molecular weight is 358 g/mol. The summed E-state index contributed by atoms with van der Waals surface area (Å²) >= 11 is 5.59. The highest BCUT2D eigenvalue weighted by Crippen LogP contribution is 2.27. The highest BCUT2D eigenvalue weighted by molar-refractivity contribution is 6.30. The molecule has 0 unspecified atom stereocenters. The van der Waals surface area contributed by atoms with E-state index in [1.807, 2.05) is 0 Å². The van der Waals surface area contributed by atoms with E-state index >= 15 is 0 Å². The molecule has 0 spiro atoms. The van der Waals surface area contributed by atoms with Gasteiger partial charge in [0.25, 0.3) is 5.88 Å². The molecule has 0 aliphatic heterocycles. The molecular formula is C14H9Cl2F2N4O. The average Bonchev–Trinajstić information content (AvgIpc) is 2.90. The number of nitrogens with zero attached hydrogens (tertiary/aromatic N) is 3. The molecule has 9 heteroatoms. The topological polar surface area (TPSA) is 66.0 Å². The third-order valence-corrected chi connectivity index (χ3v) is 2.92. The van der Waals surface area contributed by atoms with Crippen molar-refractivity contribution < 1.29 is 13.5 Å². The Hall–Kier alpha value is -2.38. The van der Waals surface area contributed by atoms with Gasteiger partial charge >= 0.3 is 0 Å². The van der Waals surface area contributed by atoms with Gasteiger partial charge in [-0.3, -0.25) is 0 Å². The van der Waals surface area contributed by atoms with Crippen LogP contribution in [0.15, 0.2) is 36.7 Å². The summed E-state index contributed by atoms with van der Waals surface area (Å²) in [7, 11) is 0. The first-order chi connectivity index (χ1) is 10.5. The van der Waals surface area contributed by atoms with E-state index in [1.54, 1.807) is 0 Å². The predicted octanol–water partition coefficient (Wildman–Crippen LogP) is 3.80. The van der Waals surface area contributed by atoms with Crippen molar-refractivity contribution in [2.24, 2.45) is 0 Å². The number of rotatable bonds is 3. The van der Waals surface area contributed by atoms with E-state index in [9.17, 15) is 8.78 Å². The van der Waals surface area contributed by atoms with Crippen LogP contribution in [0.4, 0.5) is 14.6 Å². The van der Waals surface area contributed by atoms with Gasteiger partial charge in [-0.2, -0.15) is 5.10 Å². The van der Waals surface area contributed by atoms with Crippen LogP contribution in [0, 0.1) is 17.7 Å². The van der Waals surface area contributed by atoms with Gasteiger partial charge in [-0.1, -0.05) is 11.6 Å². The summed E-state index contributed by atoms with van der Waals surface area (Å²) in [5.74, 6) is -1.85. The lowest BCUT2D eigenvalue weighted by atomic mass is 10.3. The molecule has 23 heavy (non-hydrogen) atoms. The Bertz CT molecular complexity index is 841. The fourth-order valence-corrected chi connectivity index (χ4v) is 1.87. The first kappa shape index (κ1) is 17.0. The lowest BCUT2D eigenvalue weighted by Crippen LogP contribution is -1.99. The van der Waals surface area contributed by atoms with Crippen molar-refractivity contribution in [3.05, 3.63) is 59.4 Å². The molecule has 1 aromatic carbocycles. The summed E-state index contributed by atoms with van der Waals surface area (Å²) in [6.45, 7) is 0. The summed E-state index contributed by atoms with van der Waals surface area (Å²) < 4.78 is 34.1. The number of ether oxygens (including phenoxy) is 1. The van der Waals surface area contributed by atoms with Crippen LogP contribution >= 0.6 is 24.0 Å². The lowest BCUT2D eigenvalue weighted by Gasteiger charge is -2.08. The summed E-state index contributed by atoms with van der Waals surface area (Å²) in [5, 5.41) is 4.02. The van der Waals surface area contributed by atoms with Gasteiger partial charge in [0.05, 0.1) is 10.7 Å². The molecule has 119 valence electrons. The van der Waals surface area contributed by atoms with Crippen LogP contribution in [0.1, 0.15) is 0 Å². The van der Waals surface area contributed by atoms with E-state index < -0.39 is 11.6 Å². The second-order valence-electron chi connectivity index (χ2n) is 4.26. The standard InChI is InChI=1S/C14H8ClF2N4O.ClH/c15-8-5-11(17)14(19-7-8)22-12-2-1-9(6-10(12)16)21-4-3-13(18)20-21;/h1-2,4-7H,(H2,18,20);1H. The van der Waals surface area contributed by atoms with E-state index in [-0.39, 0.29) is 34.9 Å². The Labute approximate surface area is 141 Å². The Balaban J connectivity index is 0.00000192. The zero-order chi connectivity index (χ0) is 15.7. The lowest BCUT2D eigenvalue weighted by molar-refractivity contribution is 0.398. The normalized spacial score (nSPS) is 10.2. The number of anilines is 1. The summed E-state index contributed by atoms with van der Waals surface area (Å²) in [6.07, 6.45) is 2.67. The third-order valence-electron chi connectivity index (χ3n) is 2.71. The molecule has 0 amide bonds. The molecule has 2 heterocycles. The Morgan fingerprint density at radius 2 is 2.00 bits per heavy atom. The van der Waals surface area contributed by atoms with E-state index in [1.165, 1.54) is 35.3 Å². The van der Waals surface area contributed by atoms with E-state index in [0.717, 1.165) is 6.07 Å². The van der Waals surface area contributed by atoms with Gasteiger partial charge in [0, 0.05) is 24.5 Å². The van der Waals surface area contributed by atoms with Gasteiger partial charge in [0.1, 0.15) is 0 Å². The predicted molar refractivity (Wildman–Crippen MR) is 83.3 cm³/mol. The van der Waals surface area contributed by atoms with Crippen molar-refractivity contribution in [3.63, 3.8) is 0 Å². The molecule has 0 saturated heterocycles. The number of halogens is 4. The zero-order valence-corrected chi connectivity index (χ0v) is 12.9. The molecule has 0 saturated carbocycles. The minimum Gasteiger partial charge on any atom is -0.433 e. The van der Waals surface area contributed by atoms with Gasteiger partial charge in [0.2, 0.25) is 0 Å². The minimum absolute atomic E-state index is 0. The molecule has 3 rings (SSSR count). The molecule has 0 atom stereocenters.